The van der Waals surface area contributed by atoms with Crippen molar-refractivity contribution in [2.24, 2.45) is 5.92 Å². The van der Waals surface area contributed by atoms with Crippen molar-refractivity contribution >= 4 is 5.91 Å². The van der Waals surface area contributed by atoms with E-state index in [1.165, 1.54) is 12.1 Å². The Morgan fingerprint density at radius 2 is 1.96 bits per heavy atom. The van der Waals surface area contributed by atoms with E-state index in [0.717, 1.165) is 17.0 Å². The van der Waals surface area contributed by atoms with Gasteiger partial charge in [0.15, 0.2) is 0 Å². The monoisotopic (exact) mass is 370 g/mol. The van der Waals surface area contributed by atoms with Crippen LogP contribution in [-0.2, 0) is 11.3 Å². The molecule has 0 bridgehead atoms. The first-order valence-electron chi connectivity index (χ1n) is 8.88. The van der Waals surface area contributed by atoms with Crippen molar-refractivity contribution in [3.63, 3.8) is 0 Å². The first-order chi connectivity index (χ1) is 12.8. The van der Waals surface area contributed by atoms with E-state index in [9.17, 15) is 9.18 Å². The van der Waals surface area contributed by atoms with Crippen LogP contribution in [0, 0.1) is 25.6 Å². The Bertz CT molecular complexity index is 942. The second-order valence-corrected chi connectivity index (χ2v) is 7.00. The first-order valence-corrected chi connectivity index (χ1v) is 8.88. The maximum atomic E-state index is 13.1. The smallest absolute Gasteiger partial charge is 0.260 e. The van der Waals surface area contributed by atoms with Crippen LogP contribution in [0.2, 0.25) is 0 Å². The molecule has 1 aromatic carbocycles. The molecule has 27 heavy (non-hydrogen) atoms. The molecular weight excluding hydrogens is 347 g/mol. The van der Waals surface area contributed by atoms with E-state index >= 15 is 0 Å². The molecule has 0 aliphatic carbocycles. The number of carbonyl (C=O) groups is 1. The van der Waals surface area contributed by atoms with E-state index in [-0.39, 0.29) is 18.3 Å². The van der Waals surface area contributed by atoms with Gasteiger partial charge >= 0.3 is 0 Å². The van der Waals surface area contributed by atoms with Crippen LogP contribution in [0.25, 0.3) is 22.8 Å². The number of aromatic nitrogens is 3. The lowest BCUT2D eigenvalue weighted by Gasteiger charge is -2.11. The molecule has 0 radical (unpaired) electrons. The number of nitrogens with zero attached hydrogens (tertiary/aromatic N) is 3. The second-order valence-electron chi connectivity index (χ2n) is 7.00. The minimum atomic E-state index is -0.318. The number of hydrogen-bond acceptors (Lipinski definition) is 4. The number of hydrogen-bond donors (Lipinski definition) is 1. The topological polar surface area (TPSA) is 73.0 Å². The maximum absolute atomic E-state index is 13.1. The van der Waals surface area contributed by atoms with Gasteiger partial charge in [0.25, 0.3) is 5.89 Å². The Morgan fingerprint density at radius 1 is 1.26 bits per heavy atom. The van der Waals surface area contributed by atoms with Crippen molar-refractivity contribution in [3.05, 3.63) is 47.5 Å². The third kappa shape index (κ3) is 4.24. The summed E-state index contributed by atoms with van der Waals surface area (Å²) < 4.78 is 20.4. The molecule has 0 fully saturated rings. The van der Waals surface area contributed by atoms with Crippen LogP contribution < -0.4 is 5.32 Å². The Balaban J connectivity index is 1.82. The molecular formula is C20H23FN4O2. The van der Waals surface area contributed by atoms with E-state index < -0.39 is 0 Å². The summed E-state index contributed by atoms with van der Waals surface area (Å²) in [6.45, 7) is 8.85. The highest BCUT2D eigenvalue weighted by molar-refractivity contribution is 5.76. The van der Waals surface area contributed by atoms with Crippen molar-refractivity contribution in [1.29, 1.82) is 0 Å². The van der Waals surface area contributed by atoms with Crippen molar-refractivity contribution < 1.29 is 13.7 Å². The zero-order valence-electron chi connectivity index (χ0n) is 15.9. The predicted molar refractivity (Wildman–Crippen MR) is 100 cm³/mol. The first kappa shape index (κ1) is 18.8. The van der Waals surface area contributed by atoms with E-state index in [4.69, 9.17) is 4.52 Å². The van der Waals surface area contributed by atoms with Crippen molar-refractivity contribution in [2.75, 3.05) is 6.54 Å². The van der Waals surface area contributed by atoms with Crippen LogP contribution >= 0.6 is 0 Å². The lowest BCUT2D eigenvalue weighted by molar-refractivity contribution is -0.121. The number of benzene rings is 1. The summed E-state index contributed by atoms with van der Waals surface area (Å²) in [4.78, 5) is 16.6. The Morgan fingerprint density at radius 3 is 2.63 bits per heavy atom. The summed E-state index contributed by atoms with van der Waals surface area (Å²) in [7, 11) is 0. The quantitative estimate of drug-likeness (QED) is 0.717. The van der Waals surface area contributed by atoms with Crippen LogP contribution in [0.3, 0.4) is 0 Å². The Labute approximate surface area is 157 Å². The summed E-state index contributed by atoms with van der Waals surface area (Å²) >= 11 is 0. The molecule has 3 rings (SSSR count). The van der Waals surface area contributed by atoms with Gasteiger partial charge in [-0.05, 0) is 50.1 Å². The van der Waals surface area contributed by atoms with Gasteiger partial charge in [0.1, 0.15) is 12.4 Å². The zero-order valence-corrected chi connectivity index (χ0v) is 15.9. The van der Waals surface area contributed by atoms with Gasteiger partial charge < -0.3 is 14.4 Å². The highest BCUT2D eigenvalue weighted by atomic mass is 19.1. The molecule has 0 unspecified atom stereocenters. The van der Waals surface area contributed by atoms with Crippen molar-refractivity contribution in [3.8, 4) is 22.8 Å². The average Bonchev–Trinajstić information content (AvgIpc) is 3.21. The number of halogens is 1. The van der Waals surface area contributed by atoms with Crippen LogP contribution in [0.1, 0.15) is 25.2 Å². The van der Waals surface area contributed by atoms with E-state index in [2.05, 4.69) is 29.3 Å². The van der Waals surface area contributed by atoms with Crippen LogP contribution in [-0.4, -0.2) is 27.2 Å². The number of amides is 1. The molecule has 1 N–H and O–H groups in total. The number of carbonyl (C=O) groups excluding carboxylic acids is 1. The minimum absolute atomic E-state index is 0.0328. The summed E-state index contributed by atoms with van der Waals surface area (Å²) in [6, 6.07) is 7.84. The third-order valence-corrected chi connectivity index (χ3v) is 4.34. The molecule has 0 aliphatic rings. The van der Waals surface area contributed by atoms with Gasteiger partial charge in [-0.15, -0.1) is 0 Å². The second kappa shape index (κ2) is 7.73. The van der Waals surface area contributed by atoms with Gasteiger partial charge in [0.05, 0.1) is 5.56 Å². The van der Waals surface area contributed by atoms with E-state index in [0.29, 0.717) is 29.7 Å². The molecule has 7 heteroatoms. The van der Waals surface area contributed by atoms with E-state index in [1.54, 1.807) is 12.1 Å². The molecule has 6 nitrogen and oxygen atoms in total. The van der Waals surface area contributed by atoms with Gasteiger partial charge in [-0.1, -0.05) is 19.0 Å². The van der Waals surface area contributed by atoms with Crippen molar-refractivity contribution in [1.82, 2.24) is 20.0 Å². The van der Waals surface area contributed by atoms with Crippen molar-refractivity contribution in [2.45, 2.75) is 34.2 Å². The largest absolute Gasteiger partial charge is 0.354 e. The average molecular weight is 370 g/mol. The molecule has 0 atom stereocenters. The fraction of sp³-hybridized carbons (Fsp3) is 0.350. The van der Waals surface area contributed by atoms with Gasteiger partial charge in [-0.25, -0.2) is 4.39 Å². The van der Waals surface area contributed by atoms with Gasteiger partial charge in [0, 0.05) is 23.5 Å². The van der Waals surface area contributed by atoms with Gasteiger partial charge in [-0.3, -0.25) is 4.79 Å². The lowest BCUT2D eigenvalue weighted by atomic mass is 10.2. The maximum Gasteiger partial charge on any atom is 0.260 e. The third-order valence-electron chi connectivity index (χ3n) is 4.34. The molecule has 2 heterocycles. The molecule has 2 aromatic heterocycles. The lowest BCUT2D eigenvalue weighted by Crippen LogP contribution is -2.31. The van der Waals surface area contributed by atoms with Crippen LogP contribution in [0.4, 0.5) is 4.39 Å². The molecule has 0 saturated heterocycles. The summed E-state index contributed by atoms with van der Waals surface area (Å²) in [5.74, 6) is 0.816. The number of rotatable bonds is 6. The van der Waals surface area contributed by atoms with Crippen LogP contribution in [0.5, 0.6) is 0 Å². The van der Waals surface area contributed by atoms with E-state index in [1.807, 2.05) is 24.5 Å². The summed E-state index contributed by atoms with van der Waals surface area (Å²) in [5, 5.41) is 6.91. The highest BCUT2D eigenvalue weighted by Gasteiger charge is 2.18. The normalized spacial score (nSPS) is 11.2. The summed E-state index contributed by atoms with van der Waals surface area (Å²) in [6.07, 6.45) is 0. The summed E-state index contributed by atoms with van der Waals surface area (Å²) in [5.41, 5.74) is 3.27. The fourth-order valence-electron chi connectivity index (χ4n) is 2.83. The molecule has 142 valence electrons. The predicted octanol–water partition coefficient (Wildman–Crippen LogP) is 3.73. The molecule has 1 amide bonds. The van der Waals surface area contributed by atoms with Gasteiger partial charge in [-0.2, -0.15) is 4.98 Å². The van der Waals surface area contributed by atoms with Gasteiger partial charge in [0.2, 0.25) is 11.7 Å². The molecule has 0 saturated carbocycles. The fourth-order valence-corrected chi connectivity index (χ4v) is 2.83. The highest BCUT2D eigenvalue weighted by Crippen LogP contribution is 2.27. The molecule has 3 aromatic rings. The van der Waals surface area contributed by atoms with Crippen LogP contribution in [0.15, 0.2) is 34.9 Å². The SMILES string of the molecule is Cc1cc(-c2nc(-c3ccc(F)cc3)no2)c(C)n1CC(=O)NCC(C)C. The Kier molecular flexibility index (Phi) is 5.39. The molecule has 0 aliphatic heterocycles. The number of nitrogens with one attached hydrogen (secondary N) is 1. The molecule has 0 spiro atoms. The minimum Gasteiger partial charge on any atom is -0.354 e. The number of aryl methyl sites for hydroxylation is 1. The standard InChI is InChI=1S/C20H23FN4O2/c1-12(2)10-22-18(26)11-25-13(3)9-17(14(25)4)20-23-19(24-27-20)15-5-7-16(21)8-6-15/h5-9,12H,10-11H2,1-4H3,(H,22,26). The Hall–Kier alpha value is -2.96. The zero-order chi connectivity index (χ0) is 19.6.